The predicted molar refractivity (Wildman–Crippen MR) is 101 cm³/mol. The number of hydrogen-bond acceptors (Lipinski definition) is 6. The number of esters is 1. The normalized spacial score (nSPS) is 16.4. The van der Waals surface area contributed by atoms with Gasteiger partial charge in [0.05, 0.1) is 23.8 Å². The predicted octanol–water partition coefficient (Wildman–Crippen LogP) is 4.99. The maximum atomic E-state index is 13.3. The molecule has 13 heteroatoms. The lowest BCUT2D eigenvalue weighted by molar-refractivity contribution is -0.188. The van der Waals surface area contributed by atoms with Crippen LogP contribution in [0.1, 0.15) is 18.4 Å². The summed E-state index contributed by atoms with van der Waals surface area (Å²) in [6, 6.07) is 2.54. The molecule has 0 saturated heterocycles. The molecule has 0 aromatic heterocycles. The van der Waals surface area contributed by atoms with Crippen molar-refractivity contribution in [2.24, 2.45) is 0 Å². The standard InChI is InChI=1S/C15H12Cl2F3INO6/c16-9-5-8-6-10(13(15(18,19)20)28-12(8)11(17)7-9)14(23)26-3-1-2-4-27-22(25)21-24/h5-7,13H,1-4H2/q-1/t13-/m0/s1. The molecule has 1 aliphatic heterocycles. The van der Waals surface area contributed by atoms with Gasteiger partial charge in [0.2, 0.25) is 6.10 Å². The summed E-state index contributed by atoms with van der Waals surface area (Å²) < 4.78 is 60.0. The molecule has 0 radical (unpaired) electrons. The Balaban J connectivity index is 2.06. The summed E-state index contributed by atoms with van der Waals surface area (Å²) >= 11 is 9.74. The summed E-state index contributed by atoms with van der Waals surface area (Å²) in [6.45, 7) is -0.275. The van der Waals surface area contributed by atoms with Gasteiger partial charge in [0.25, 0.3) is 21.5 Å². The molecule has 7 nitrogen and oxygen atoms in total. The van der Waals surface area contributed by atoms with Crippen LogP contribution in [0.25, 0.3) is 6.08 Å². The molecule has 28 heavy (non-hydrogen) atoms. The van der Waals surface area contributed by atoms with Crippen molar-refractivity contribution in [1.82, 2.24) is 3.44 Å². The van der Waals surface area contributed by atoms with E-state index in [9.17, 15) is 26.2 Å². The zero-order valence-corrected chi connectivity index (χ0v) is 17.5. The second-order valence-electron chi connectivity index (χ2n) is 5.40. The molecule has 0 bridgehead atoms. The van der Waals surface area contributed by atoms with E-state index in [1.807, 2.05) is 0 Å². The summed E-state index contributed by atoms with van der Waals surface area (Å²) in [5.41, 5.74) is -0.619. The van der Waals surface area contributed by atoms with Gasteiger partial charge in [0, 0.05) is 10.6 Å². The van der Waals surface area contributed by atoms with Crippen LogP contribution in [-0.2, 0) is 17.4 Å². The van der Waals surface area contributed by atoms with Crippen LogP contribution in [0, 0.1) is 5.21 Å². The van der Waals surface area contributed by atoms with Crippen LogP contribution in [0.5, 0.6) is 5.75 Å². The van der Waals surface area contributed by atoms with Crippen molar-refractivity contribution in [3.05, 3.63) is 38.5 Å². The molecule has 156 valence electrons. The van der Waals surface area contributed by atoms with Gasteiger partial charge >= 0.3 is 12.1 Å². The van der Waals surface area contributed by atoms with Gasteiger partial charge in [0.15, 0.2) is 0 Å². The van der Waals surface area contributed by atoms with Crippen LogP contribution in [0.4, 0.5) is 13.2 Å². The topological polar surface area (TPSA) is 88.1 Å². The van der Waals surface area contributed by atoms with Crippen molar-refractivity contribution in [3.63, 3.8) is 0 Å². The fourth-order valence-electron chi connectivity index (χ4n) is 2.25. The molecule has 0 unspecified atom stereocenters. The maximum Gasteiger partial charge on any atom is 0.430 e. The van der Waals surface area contributed by atoms with Crippen LogP contribution >= 0.6 is 44.7 Å². The van der Waals surface area contributed by atoms with Gasteiger partial charge in [-0.15, -0.1) is 0 Å². The van der Waals surface area contributed by atoms with E-state index in [0.29, 0.717) is 0 Å². The number of benzene rings is 1. The van der Waals surface area contributed by atoms with Crippen molar-refractivity contribution >= 4 is 56.7 Å². The third-order valence-electron chi connectivity index (χ3n) is 3.42. The minimum atomic E-state index is -4.88. The summed E-state index contributed by atoms with van der Waals surface area (Å²) in [6.07, 6.45) is -5.95. The Morgan fingerprint density at radius 2 is 1.96 bits per heavy atom. The zero-order chi connectivity index (χ0) is 20.9. The Labute approximate surface area is 177 Å². The van der Waals surface area contributed by atoms with Crippen LogP contribution in [0.3, 0.4) is 0 Å². The van der Waals surface area contributed by atoms with Crippen LogP contribution in [0.2, 0.25) is 10.0 Å². The fraction of sp³-hybridized carbons (Fsp3) is 0.400. The number of carbonyl (C=O) groups is 1. The van der Waals surface area contributed by atoms with Crippen molar-refractivity contribution < 1.29 is 35.3 Å². The number of hydrogen-bond donors (Lipinski definition) is 0. The number of unbranched alkanes of at least 4 members (excludes halogenated alkanes) is 1. The third-order valence-corrected chi connectivity index (χ3v) is 4.52. The smallest absolute Gasteiger partial charge is 0.430 e. The van der Waals surface area contributed by atoms with E-state index in [-0.39, 0.29) is 50.9 Å². The molecule has 0 spiro atoms. The summed E-state index contributed by atoms with van der Waals surface area (Å²) in [7, 11) is 0. The lowest BCUT2D eigenvalue weighted by atomic mass is 10.0. The highest BCUT2D eigenvalue weighted by molar-refractivity contribution is 14.1. The Bertz CT molecular complexity index is 777. The molecule has 0 aliphatic carbocycles. The second kappa shape index (κ2) is 10.2. The minimum Gasteiger partial charge on any atom is -0.751 e. The first kappa shape index (κ1) is 23.3. The van der Waals surface area contributed by atoms with E-state index in [2.05, 4.69) is 4.84 Å². The van der Waals surface area contributed by atoms with Crippen molar-refractivity contribution in [2.45, 2.75) is 25.1 Å². The number of ether oxygens (including phenoxy) is 2. The Kier molecular flexibility index (Phi) is 8.45. The van der Waals surface area contributed by atoms with Gasteiger partial charge in [-0.05, 0) is 31.1 Å². The number of nitrogens with zero attached hydrogens (tertiary/aromatic N) is 1. The highest BCUT2D eigenvalue weighted by Gasteiger charge is 2.49. The van der Waals surface area contributed by atoms with Gasteiger partial charge in [-0.3, -0.25) is 7.91 Å². The lowest BCUT2D eigenvalue weighted by Gasteiger charge is -2.28. The van der Waals surface area contributed by atoms with Crippen molar-refractivity contribution in [3.8, 4) is 5.75 Å². The number of fused-ring (bicyclic) bond motifs is 1. The van der Waals surface area contributed by atoms with Gasteiger partial charge in [-0.25, -0.2) is 4.79 Å². The minimum absolute atomic E-state index is 0.0449. The maximum absolute atomic E-state index is 13.3. The molecular weight excluding hydrogens is 545 g/mol. The first-order valence-electron chi connectivity index (χ1n) is 7.62. The Morgan fingerprint density at radius 1 is 1.29 bits per heavy atom. The van der Waals surface area contributed by atoms with Crippen LogP contribution in [-0.4, -0.2) is 34.9 Å². The Hall–Kier alpha value is -0.990. The largest absolute Gasteiger partial charge is 0.751 e. The quantitative estimate of drug-likeness (QED) is 0.147. The highest BCUT2D eigenvalue weighted by Crippen LogP contribution is 2.42. The van der Waals surface area contributed by atoms with E-state index >= 15 is 0 Å². The highest BCUT2D eigenvalue weighted by atomic mass is 127. The monoisotopic (exact) mass is 556 g/mol. The number of carbonyl (C=O) groups excluding carboxylic acids is 1. The summed E-state index contributed by atoms with van der Waals surface area (Å²) in [5, 5.41) is 10.7. The van der Waals surface area contributed by atoms with E-state index in [1.165, 1.54) is 12.1 Å². The SMILES string of the molecule is O=IN([O-])OCCCCOC(=O)C1=Cc2cc(Cl)cc(Cl)c2O[C@@H]1C(F)(F)F. The van der Waals surface area contributed by atoms with Gasteiger partial charge < -0.3 is 14.7 Å². The molecule has 0 fully saturated rings. The van der Waals surface area contributed by atoms with Crippen molar-refractivity contribution in [2.75, 3.05) is 13.2 Å². The molecule has 1 atom stereocenters. The molecule has 1 aromatic rings. The van der Waals surface area contributed by atoms with Gasteiger partial charge in [-0.2, -0.15) is 16.6 Å². The van der Waals surface area contributed by atoms with E-state index in [1.54, 1.807) is 0 Å². The lowest BCUT2D eigenvalue weighted by Crippen LogP contribution is -2.41. The Morgan fingerprint density at radius 3 is 2.61 bits per heavy atom. The summed E-state index contributed by atoms with van der Waals surface area (Å²) in [5.74, 6) is -1.44. The summed E-state index contributed by atoms with van der Waals surface area (Å²) in [4.78, 5) is 16.7. The molecule has 1 aliphatic rings. The number of alkyl halides is 3. The van der Waals surface area contributed by atoms with Gasteiger partial charge in [-0.1, -0.05) is 23.2 Å². The average molecular weight is 557 g/mol. The van der Waals surface area contributed by atoms with Crippen LogP contribution < -0.4 is 4.74 Å². The molecule has 1 aromatic carbocycles. The number of halogens is 6. The molecule has 1 heterocycles. The molecule has 2 rings (SSSR count). The molecule has 0 amide bonds. The number of rotatable bonds is 8. The van der Waals surface area contributed by atoms with Crippen LogP contribution in [0.15, 0.2) is 17.7 Å². The third kappa shape index (κ3) is 6.26. The first-order valence-corrected chi connectivity index (χ1v) is 10.2. The second-order valence-corrected chi connectivity index (χ2v) is 7.43. The van der Waals surface area contributed by atoms with E-state index < -0.39 is 45.3 Å². The first-order chi connectivity index (χ1) is 13.1. The average Bonchev–Trinajstić information content (AvgIpc) is 2.62. The van der Waals surface area contributed by atoms with Crippen molar-refractivity contribution in [1.29, 1.82) is 0 Å². The molecule has 0 saturated carbocycles. The molecular formula is C15H12Cl2F3INO6-. The van der Waals surface area contributed by atoms with Gasteiger partial charge in [0.1, 0.15) is 5.75 Å². The fourth-order valence-corrected chi connectivity index (χ4v) is 3.12. The zero-order valence-electron chi connectivity index (χ0n) is 13.8. The molecule has 0 N–H and O–H groups in total. The van der Waals surface area contributed by atoms with E-state index in [4.69, 9.17) is 32.7 Å². The van der Waals surface area contributed by atoms with E-state index in [0.717, 1.165) is 6.08 Å².